The van der Waals surface area contributed by atoms with Crippen molar-refractivity contribution < 1.29 is 23.5 Å². The van der Waals surface area contributed by atoms with Crippen molar-refractivity contribution in [3.63, 3.8) is 0 Å². The van der Waals surface area contributed by atoms with Crippen LogP contribution in [0.3, 0.4) is 0 Å². The zero-order valence-corrected chi connectivity index (χ0v) is 9.17. The van der Waals surface area contributed by atoms with Crippen LogP contribution in [0.15, 0.2) is 0 Å². The maximum Gasteiger partial charge on any atom is 0.326 e. The monoisotopic (exact) mass is 235 g/mol. The summed E-state index contributed by atoms with van der Waals surface area (Å²) in [6.45, 7) is 3.75. The van der Waals surface area contributed by atoms with Crippen LogP contribution in [0, 0.1) is 11.3 Å². The van der Waals surface area contributed by atoms with E-state index in [1.54, 1.807) is 0 Å². The zero-order chi connectivity index (χ0) is 12.5. The van der Waals surface area contributed by atoms with Gasteiger partial charge in [0.2, 0.25) is 12.3 Å². The molecule has 0 radical (unpaired) electrons. The number of carboxylic acids is 1. The molecule has 92 valence electrons. The lowest BCUT2D eigenvalue weighted by Crippen LogP contribution is -2.43. The third-order valence-electron chi connectivity index (χ3n) is 2.86. The van der Waals surface area contributed by atoms with E-state index in [9.17, 15) is 18.4 Å². The molecule has 0 aromatic carbocycles. The second-order valence-corrected chi connectivity index (χ2v) is 4.77. The molecule has 1 saturated carbocycles. The number of hydrogen-bond acceptors (Lipinski definition) is 2. The van der Waals surface area contributed by atoms with Crippen LogP contribution in [0.4, 0.5) is 8.78 Å². The summed E-state index contributed by atoms with van der Waals surface area (Å²) in [7, 11) is 0. The number of hydrogen-bond donors (Lipinski definition) is 2. The maximum atomic E-state index is 12.0. The van der Waals surface area contributed by atoms with E-state index < -0.39 is 30.8 Å². The van der Waals surface area contributed by atoms with E-state index in [0.717, 1.165) is 0 Å². The number of carboxylic acid groups (broad SMARTS) is 1. The van der Waals surface area contributed by atoms with Crippen molar-refractivity contribution in [2.24, 2.45) is 11.3 Å². The Balaban J connectivity index is 2.49. The minimum absolute atomic E-state index is 0.141. The predicted octanol–water partition coefficient (Wildman–Crippen LogP) is 1.26. The molecule has 0 aromatic heterocycles. The quantitative estimate of drug-likeness (QED) is 0.753. The van der Waals surface area contributed by atoms with E-state index in [2.05, 4.69) is 5.32 Å². The molecule has 0 aromatic rings. The third-order valence-corrected chi connectivity index (χ3v) is 2.86. The van der Waals surface area contributed by atoms with Crippen molar-refractivity contribution in [3.8, 4) is 0 Å². The van der Waals surface area contributed by atoms with Crippen molar-refractivity contribution >= 4 is 11.9 Å². The number of rotatable bonds is 5. The fourth-order valence-corrected chi connectivity index (χ4v) is 1.59. The summed E-state index contributed by atoms with van der Waals surface area (Å²) < 4.78 is 24.1. The number of nitrogens with one attached hydrogen (secondary N) is 1. The summed E-state index contributed by atoms with van der Waals surface area (Å²) in [5, 5.41) is 10.8. The molecule has 0 heterocycles. The van der Waals surface area contributed by atoms with Gasteiger partial charge in [-0.3, -0.25) is 4.79 Å². The number of aliphatic carboxylic acids is 1. The van der Waals surface area contributed by atoms with Gasteiger partial charge in [0, 0.05) is 12.3 Å². The standard InChI is InChI=1S/C10H15F2NO3/c1-10(2)4-5(10)8(14)13-6(9(15)16)3-7(11)12/h5-7H,3-4H2,1-2H3,(H,13,14)(H,15,16)/t5-,6?/m1/s1. The SMILES string of the molecule is CC1(C)C[C@@H]1C(=O)NC(CC(F)F)C(=O)O. The summed E-state index contributed by atoms with van der Waals surface area (Å²) in [6, 6.07) is -1.50. The van der Waals surface area contributed by atoms with Crippen LogP contribution >= 0.6 is 0 Å². The molecule has 1 unspecified atom stereocenters. The van der Waals surface area contributed by atoms with Gasteiger partial charge in [-0.2, -0.15) is 0 Å². The molecule has 2 atom stereocenters. The van der Waals surface area contributed by atoms with Crippen molar-refractivity contribution in [2.45, 2.75) is 39.2 Å². The normalized spacial score (nSPS) is 23.9. The first-order chi connectivity index (χ1) is 7.24. The van der Waals surface area contributed by atoms with E-state index >= 15 is 0 Å². The molecule has 0 aliphatic heterocycles. The molecule has 4 nitrogen and oxygen atoms in total. The van der Waals surface area contributed by atoms with Gasteiger partial charge in [-0.15, -0.1) is 0 Å². The minimum Gasteiger partial charge on any atom is -0.480 e. The van der Waals surface area contributed by atoms with Gasteiger partial charge in [0.1, 0.15) is 6.04 Å². The Kier molecular flexibility index (Phi) is 3.50. The number of carbonyl (C=O) groups is 2. The highest BCUT2D eigenvalue weighted by Gasteiger charge is 2.51. The number of halogens is 2. The average Bonchev–Trinajstić information content (AvgIpc) is 2.73. The average molecular weight is 235 g/mol. The van der Waals surface area contributed by atoms with Crippen LogP contribution in [-0.4, -0.2) is 29.5 Å². The van der Waals surface area contributed by atoms with E-state index in [0.29, 0.717) is 6.42 Å². The Hall–Kier alpha value is -1.20. The maximum absolute atomic E-state index is 12.0. The Labute approximate surface area is 92.0 Å². The molecule has 0 bridgehead atoms. The van der Waals surface area contributed by atoms with Crippen LogP contribution in [0.1, 0.15) is 26.7 Å². The highest BCUT2D eigenvalue weighted by atomic mass is 19.3. The zero-order valence-electron chi connectivity index (χ0n) is 9.17. The van der Waals surface area contributed by atoms with Gasteiger partial charge >= 0.3 is 5.97 Å². The van der Waals surface area contributed by atoms with Crippen LogP contribution in [-0.2, 0) is 9.59 Å². The van der Waals surface area contributed by atoms with Crippen LogP contribution < -0.4 is 5.32 Å². The lowest BCUT2D eigenvalue weighted by atomic mass is 10.1. The topological polar surface area (TPSA) is 66.4 Å². The third kappa shape index (κ3) is 3.15. The second-order valence-electron chi connectivity index (χ2n) is 4.77. The summed E-state index contributed by atoms with van der Waals surface area (Å²) >= 11 is 0. The molecule has 1 rings (SSSR count). The summed E-state index contributed by atoms with van der Waals surface area (Å²) in [5.74, 6) is -2.13. The first-order valence-corrected chi connectivity index (χ1v) is 5.05. The van der Waals surface area contributed by atoms with Crippen LogP contribution in [0.25, 0.3) is 0 Å². The molecule has 6 heteroatoms. The summed E-state index contributed by atoms with van der Waals surface area (Å²) in [6.07, 6.45) is -2.93. The van der Waals surface area contributed by atoms with Crippen LogP contribution in [0.2, 0.25) is 0 Å². The van der Waals surface area contributed by atoms with Gasteiger partial charge in [-0.25, -0.2) is 13.6 Å². The summed E-state index contributed by atoms with van der Waals surface area (Å²) in [4.78, 5) is 22.1. The Morgan fingerprint density at radius 3 is 2.31 bits per heavy atom. The lowest BCUT2D eigenvalue weighted by Gasteiger charge is -2.14. The van der Waals surface area contributed by atoms with Crippen molar-refractivity contribution in [1.82, 2.24) is 5.32 Å². The number of amides is 1. The van der Waals surface area contributed by atoms with Gasteiger partial charge in [0.25, 0.3) is 0 Å². The van der Waals surface area contributed by atoms with Gasteiger partial charge in [0.15, 0.2) is 0 Å². The molecule has 0 saturated heterocycles. The molecule has 1 fully saturated rings. The first-order valence-electron chi connectivity index (χ1n) is 5.05. The molecule has 2 N–H and O–H groups in total. The molecular formula is C10H15F2NO3. The lowest BCUT2D eigenvalue weighted by molar-refractivity contribution is -0.143. The molecular weight excluding hydrogens is 220 g/mol. The van der Waals surface area contributed by atoms with Gasteiger partial charge < -0.3 is 10.4 Å². The summed E-state index contributed by atoms with van der Waals surface area (Å²) in [5.41, 5.74) is -0.141. The highest BCUT2D eigenvalue weighted by molar-refractivity contribution is 5.87. The first kappa shape index (κ1) is 12.9. The van der Waals surface area contributed by atoms with Crippen molar-refractivity contribution in [3.05, 3.63) is 0 Å². The predicted molar refractivity (Wildman–Crippen MR) is 52.1 cm³/mol. The molecule has 1 aliphatic rings. The van der Waals surface area contributed by atoms with Crippen LogP contribution in [0.5, 0.6) is 0 Å². The van der Waals surface area contributed by atoms with Crippen molar-refractivity contribution in [2.75, 3.05) is 0 Å². The Bertz CT molecular complexity index is 304. The van der Waals surface area contributed by atoms with Gasteiger partial charge in [-0.1, -0.05) is 13.8 Å². The minimum atomic E-state index is -2.74. The van der Waals surface area contributed by atoms with Gasteiger partial charge in [-0.05, 0) is 11.8 Å². The molecule has 1 amide bonds. The van der Waals surface area contributed by atoms with E-state index in [1.165, 1.54) is 0 Å². The van der Waals surface area contributed by atoms with Crippen molar-refractivity contribution in [1.29, 1.82) is 0 Å². The fraction of sp³-hybridized carbons (Fsp3) is 0.800. The fourth-order valence-electron chi connectivity index (χ4n) is 1.59. The smallest absolute Gasteiger partial charge is 0.326 e. The largest absolute Gasteiger partial charge is 0.480 e. The molecule has 0 spiro atoms. The Morgan fingerprint density at radius 2 is 2.00 bits per heavy atom. The number of carbonyl (C=O) groups excluding carboxylic acids is 1. The van der Waals surface area contributed by atoms with Gasteiger partial charge in [0.05, 0.1) is 0 Å². The Morgan fingerprint density at radius 1 is 1.50 bits per heavy atom. The second kappa shape index (κ2) is 4.35. The van der Waals surface area contributed by atoms with E-state index in [4.69, 9.17) is 5.11 Å². The number of alkyl halides is 2. The van der Waals surface area contributed by atoms with E-state index in [-0.39, 0.29) is 11.3 Å². The van der Waals surface area contributed by atoms with E-state index in [1.807, 2.05) is 13.8 Å². The molecule has 1 aliphatic carbocycles. The highest BCUT2D eigenvalue weighted by Crippen LogP contribution is 2.51. The molecule has 16 heavy (non-hydrogen) atoms.